The number of aliphatic imine (C=N–C) groups is 1. The van der Waals surface area contributed by atoms with Crippen LogP contribution < -0.4 is 20.1 Å². The largest absolute Gasteiger partial charge is 0.493 e. The van der Waals surface area contributed by atoms with Gasteiger partial charge in [-0.2, -0.15) is 0 Å². The summed E-state index contributed by atoms with van der Waals surface area (Å²) >= 11 is 0. The van der Waals surface area contributed by atoms with Crippen molar-refractivity contribution in [2.75, 3.05) is 73.7 Å². The molecule has 2 heterocycles. The number of hydrogen-bond acceptors (Lipinski definition) is 6. The van der Waals surface area contributed by atoms with Crippen LogP contribution in [0, 0.1) is 0 Å². The van der Waals surface area contributed by atoms with Crippen molar-refractivity contribution < 1.29 is 14.2 Å². The Morgan fingerprint density at radius 2 is 1.88 bits per heavy atom. The minimum atomic E-state index is 0. The zero-order valence-electron chi connectivity index (χ0n) is 20.6. The summed E-state index contributed by atoms with van der Waals surface area (Å²) in [5.41, 5.74) is 1.19. The third-order valence-corrected chi connectivity index (χ3v) is 6.60. The van der Waals surface area contributed by atoms with Crippen LogP contribution in [-0.4, -0.2) is 95.6 Å². The normalized spacial score (nSPS) is 21.1. The second-order valence-corrected chi connectivity index (χ2v) is 8.54. The van der Waals surface area contributed by atoms with E-state index in [0.717, 1.165) is 63.4 Å². The first kappa shape index (κ1) is 27.9. The van der Waals surface area contributed by atoms with Crippen molar-refractivity contribution >= 4 is 29.9 Å². The Kier molecular flexibility index (Phi) is 12.6. The molecule has 2 unspecified atom stereocenters. The van der Waals surface area contributed by atoms with Crippen molar-refractivity contribution in [2.24, 2.45) is 4.99 Å². The third kappa shape index (κ3) is 8.15. The number of guanidine groups is 1. The van der Waals surface area contributed by atoms with Gasteiger partial charge >= 0.3 is 0 Å². The molecule has 0 aromatic heterocycles. The van der Waals surface area contributed by atoms with Crippen LogP contribution in [0.1, 0.15) is 37.8 Å². The van der Waals surface area contributed by atoms with Crippen LogP contribution in [0.2, 0.25) is 0 Å². The SMILES string of the molecule is CN=C(NCCN1CCCCC1C)NCC(c1ccc(OC)c(OC)c1)N1CCOCC1.I. The minimum absolute atomic E-state index is 0. The Morgan fingerprint density at radius 3 is 2.55 bits per heavy atom. The van der Waals surface area contributed by atoms with Crippen LogP contribution in [0.5, 0.6) is 11.5 Å². The molecule has 1 aromatic rings. The summed E-state index contributed by atoms with van der Waals surface area (Å²) in [4.78, 5) is 9.48. The van der Waals surface area contributed by atoms with Gasteiger partial charge in [-0.05, 0) is 44.0 Å². The van der Waals surface area contributed by atoms with E-state index in [-0.39, 0.29) is 30.0 Å². The van der Waals surface area contributed by atoms with Crippen LogP contribution in [0.4, 0.5) is 0 Å². The molecule has 0 saturated carbocycles. The van der Waals surface area contributed by atoms with E-state index in [2.05, 4.69) is 44.5 Å². The lowest BCUT2D eigenvalue weighted by Crippen LogP contribution is -2.48. The molecule has 188 valence electrons. The van der Waals surface area contributed by atoms with Gasteiger partial charge in [-0.1, -0.05) is 12.5 Å². The second-order valence-electron chi connectivity index (χ2n) is 8.54. The Balaban J connectivity index is 0.00000385. The molecule has 2 N–H and O–H groups in total. The maximum atomic E-state index is 5.59. The van der Waals surface area contributed by atoms with E-state index >= 15 is 0 Å². The number of halogens is 1. The number of piperidine rings is 1. The summed E-state index contributed by atoms with van der Waals surface area (Å²) in [6.07, 6.45) is 3.97. The molecule has 33 heavy (non-hydrogen) atoms. The van der Waals surface area contributed by atoms with E-state index < -0.39 is 0 Å². The minimum Gasteiger partial charge on any atom is -0.493 e. The summed E-state index contributed by atoms with van der Waals surface area (Å²) in [5, 5.41) is 7.04. The quantitative estimate of drug-likeness (QED) is 0.267. The summed E-state index contributed by atoms with van der Waals surface area (Å²) in [5.74, 6) is 2.34. The lowest BCUT2D eigenvalue weighted by molar-refractivity contribution is 0.0169. The lowest BCUT2D eigenvalue weighted by Gasteiger charge is -2.35. The Hall–Kier alpha value is -1.30. The predicted molar refractivity (Wildman–Crippen MR) is 144 cm³/mol. The topological polar surface area (TPSA) is 70.6 Å². The van der Waals surface area contributed by atoms with Gasteiger partial charge in [0.15, 0.2) is 17.5 Å². The lowest BCUT2D eigenvalue weighted by atomic mass is 10.0. The van der Waals surface area contributed by atoms with E-state index in [1.807, 2.05) is 13.1 Å². The first-order valence-corrected chi connectivity index (χ1v) is 11.9. The molecule has 8 nitrogen and oxygen atoms in total. The molecule has 3 rings (SSSR count). The maximum Gasteiger partial charge on any atom is 0.191 e. The molecule has 2 aliphatic heterocycles. The molecule has 2 saturated heterocycles. The molecular formula is C24H42IN5O3. The Labute approximate surface area is 216 Å². The smallest absolute Gasteiger partial charge is 0.191 e. The van der Waals surface area contributed by atoms with E-state index in [1.165, 1.54) is 31.4 Å². The van der Waals surface area contributed by atoms with E-state index in [1.54, 1.807) is 14.2 Å². The molecule has 2 aliphatic rings. The zero-order valence-corrected chi connectivity index (χ0v) is 23.0. The highest BCUT2D eigenvalue weighted by molar-refractivity contribution is 14.0. The van der Waals surface area contributed by atoms with E-state index in [9.17, 15) is 0 Å². The van der Waals surface area contributed by atoms with Gasteiger partial charge in [-0.25, -0.2) is 0 Å². The third-order valence-electron chi connectivity index (χ3n) is 6.60. The second kappa shape index (κ2) is 14.9. The molecule has 0 spiro atoms. The molecule has 2 fully saturated rings. The Bertz CT molecular complexity index is 730. The van der Waals surface area contributed by atoms with Gasteiger partial charge in [0.05, 0.1) is 33.5 Å². The summed E-state index contributed by atoms with van der Waals surface area (Å²) in [6, 6.07) is 7.04. The average Bonchev–Trinajstić information content (AvgIpc) is 2.84. The maximum absolute atomic E-state index is 5.59. The Morgan fingerprint density at radius 1 is 1.12 bits per heavy atom. The molecule has 0 radical (unpaired) electrons. The number of likely N-dealkylation sites (tertiary alicyclic amines) is 1. The molecule has 9 heteroatoms. The first-order valence-electron chi connectivity index (χ1n) is 11.9. The van der Waals surface area contributed by atoms with Gasteiger partial charge in [0.2, 0.25) is 0 Å². The number of hydrogen-bond donors (Lipinski definition) is 2. The van der Waals surface area contributed by atoms with Crippen LogP contribution in [-0.2, 0) is 4.74 Å². The van der Waals surface area contributed by atoms with Crippen molar-refractivity contribution in [3.8, 4) is 11.5 Å². The molecule has 2 atom stereocenters. The van der Waals surface area contributed by atoms with E-state index in [0.29, 0.717) is 6.04 Å². The predicted octanol–water partition coefficient (Wildman–Crippen LogP) is 2.73. The van der Waals surface area contributed by atoms with E-state index in [4.69, 9.17) is 14.2 Å². The molecule has 1 aromatic carbocycles. The average molecular weight is 576 g/mol. The van der Waals surface area contributed by atoms with Gasteiger partial charge in [0.25, 0.3) is 0 Å². The van der Waals surface area contributed by atoms with Crippen LogP contribution in [0.3, 0.4) is 0 Å². The number of nitrogens with one attached hydrogen (secondary N) is 2. The first-order chi connectivity index (χ1) is 15.7. The molecule has 0 bridgehead atoms. The number of morpholine rings is 1. The number of benzene rings is 1. The van der Waals surface area contributed by atoms with Gasteiger partial charge in [0, 0.05) is 45.8 Å². The fourth-order valence-corrected chi connectivity index (χ4v) is 4.63. The van der Waals surface area contributed by atoms with Gasteiger partial charge in [0.1, 0.15) is 0 Å². The van der Waals surface area contributed by atoms with Gasteiger partial charge in [-0.15, -0.1) is 24.0 Å². The highest BCUT2D eigenvalue weighted by Gasteiger charge is 2.24. The zero-order chi connectivity index (χ0) is 22.8. The van der Waals surface area contributed by atoms with Crippen molar-refractivity contribution in [3.63, 3.8) is 0 Å². The summed E-state index contributed by atoms with van der Waals surface area (Å²) in [6.45, 7) is 9.53. The van der Waals surface area contributed by atoms with Crippen LogP contribution in [0.15, 0.2) is 23.2 Å². The van der Waals surface area contributed by atoms with Gasteiger partial charge in [-0.3, -0.25) is 14.8 Å². The summed E-state index contributed by atoms with van der Waals surface area (Å²) in [7, 11) is 5.18. The number of rotatable bonds is 9. The monoisotopic (exact) mass is 575 g/mol. The van der Waals surface area contributed by atoms with Crippen molar-refractivity contribution in [3.05, 3.63) is 23.8 Å². The van der Waals surface area contributed by atoms with Crippen LogP contribution in [0.25, 0.3) is 0 Å². The fraction of sp³-hybridized carbons (Fsp3) is 0.708. The standard InChI is InChI=1S/C24H41N5O3.HI/c1-19-7-5-6-11-28(19)12-10-26-24(25-2)27-18-21(29-13-15-32-16-14-29)20-8-9-22(30-3)23(17-20)31-4;/h8-9,17,19,21H,5-7,10-16,18H2,1-4H3,(H2,25,26,27);1H. The van der Waals surface area contributed by atoms with Crippen molar-refractivity contribution in [1.82, 2.24) is 20.4 Å². The highest BCUT2D eigenvalue weighted by atomic mass is 127. The number of ether oxygens (including phenoxy) is 3. The van der Waals surface area contributed by atoms with Crippen molar-refractivity contribution in [1.29, 1.82) is 0 Å². The highest BCUT2D eigenvalue weighted by Crippen LogP contribution is 2.32. The summed E-state index contributed by atoms with van der Waals surface area (Å²) < 4.78 is 16.6. The van der Waals surface area contributed by atoms with Crippen molar-refractivity contribution in [2.45, 2.75) is 38.3 Å². The molecule has 0 amide bonds. The van der Waals surface area contributed by atoms with Gasteiger partial charge < -0.3 is 24.8 Å². The number of nitrogens with zero attached hydrogens (tertiary/aromatic N) is 3. The molecular weight excluding hydrogens is 533 g/mol. The number of methoxy groups -OCH3 is 2. The fourth-order valence-electron chi connectivity index (χ4n) is 4.63. The molecule has 0 aliphatic carbocycles. The van der Waals surface area contributed by atoms with Crippen LogP contribution >= 0.6 is 24.0 Å².